The molecule has 2 heterocycles. The summed E-state index contributed by atoms with van der Waals surface area (Å²) in [5.74, 6) is 2.26. The molecule has 1 aliphatic rings. The molecule has 0 aliphatic carbocycles. The third-order valence-corrected chi connectivity index (χ3v) is 5.96. The first-order chi connectivity index (χ1) is 14.7. The molecule has 30 heavy (non-hydrogen) atoms. The normalized spacial score (nSPS) is 12.7. The smallest absolute Gasteiger partial charge is 0.263 e. The van der Waals surface area contributed by atoms with Crippen LogP contribution in [0.3, 0.4) is 0 Å². The van der Waals surface area contributed by atoms with Crippen LogP contribution in [0, 0.1) is 5.82 Å². The molecule has 1 aliphatic heterocycles. The van der Waals surface area contributed by atoms with Crippen molar-refractivity contribution >= 4 is 34.3 Å². The Morgan fingerprint density at radius 1 is 1.07 bits per heavy atom. The number of carbonyl (C=O) groups excluding carboxylic acids is 1. The maximum atomic E-state index is 13.3. The third-order valence-electron chi connectivity index (χ3n) is 4.99. The average Bonchev–Trinajstić information content (AvgIpc) is 3.35. The van der Waals surface area contributed by atoms with Crippen molar-refractivity contribution in [3.8, 4) is 11.4 Å². The Kier molecular flexibility index (Phi) is 4.88. The van der Waals surface area contributed by atoms with Crippen molar-refractivity contribution < 1.29 is 13.9 Å². The SMILES string of the molecule is O=C(COc1cccc2ccccc12)Nc1c2c(nn1-c1ccc(F)cc1)CSC2. The Morgan fingerprint density at radius 2 is 1.87 bits per heavy atom. The van der Waals surface area contributed by atoms with Gasteiger partial charge < -0.3 is 10.1 Å². The van der Waals surface area contributed by atoms with Crippen LogP contribution in [-0.4, -0.2) is 22.3 Å². The van der Waals surface area contributed by atoms with E-state index in [1.165, 1.54) is 12.1 Å². The lowest BCUT2D eigenvalue weighted by Crippen LogP contribution is -2.22. The summed E-state index contributed by atoms with van der Waals surface area (Å²) in [6.45, 7) is -0.121. The number of nitrogens with zero attached hydrogens (tertiary/aromatic N) is 2. The summed E-state index contributed by atoms with van der Waals surface area (Å²) < 4.78 is 20.8. The Balaban J connectivity index is 1.38. The average molecular weight is 419 g/mol. The van der Waals surface area contributed by atoms with Gasteiger partial charge in [-0.1, -0.05) is 36.4 Å². The van der Waals surface area contributed by atoms with E-state index < -0.39 is 0 Å². The number of benzene rings is 3. The number of anilines is 1. The fourth-order valence-electron chi connectivity index (χ4n) is 3.54. The number of amides is 1. The molecule has 1 N–H and O–H groups in total. The van der Waals surface area contributed by atoms with Crippen LogP contribution in [0.15, 0.2) is 66.7 Å². The third kappa shape index (κ3) is 3.52. The molecule has 0 bridgehead atoms. The van der Waals surface area contributed by atoms with Gasteiger partial charge in [0.2, 0.25) is 0 Å². The number of nitrogens with one attached hydrogen (secondary N) is 1. The van der Waals surface area contributed by atoms with Crippen LogP contribution in [0.4, 0.5) is 10.2 Å². The maximum absolute atomic E-state index is 13.3. The molecule has 0 saturated carbocycles. The van der Waals surface area contributed by atoms with Gasteiger partial charge in [0.25, 0.3) is 5.91 Å². The molecular weight excluding hydrogens is 401 g/mol. The standard InChI is InChI=1S/C23H18FN3O2S/c24-16-8-10-17(11-9-16)27-23(19-13-30-14-20(19)26-27)25-22(28)12-29-21-7-3-5-15-4-1-2-6-18(15)21/h1-11H,12-14H2,(H,25,28). The molecule has 0 unspecified atom stereocenters. The van der Waals surface area contributed by atoms with E-state index in [1.54, 1.807) is 28.6 Å². The Morgan fingerprint density at radius 3 is 2.73 bits per heavy atom. The van der Waals surface area contributed by atoms with Crippen LogP contribution in [0.1, 0.15) is 11.3 Å². The van der Waals surface area contributed by atoms with E-state index in [-0.39, 0.29) is 18.3 Å². The lowest BCUT2D eigenvalue weighted by Gasteiger charge is -2.12. The Labute approximate surface area is 176 Å². The number of ether oxygens (including phenoxy) is 1. The van der Waals surface area contributed by atoms with Crippen molar-refractivity contribution in [1.29, 1.82) is 0 Å². The molecule has 4 aromatic rings. The molecule has 0 radical (unpaired) electrons. The molecule has 5 nitrogen and oxygen atoms in total. The zero-order chi connectivity index (χ0) is 20.5. The van der Waals surface area contributed by atoms with Gasteiger partial charge in [-0.3, -0.25) is 4.79 Å². The molecule has 0 spiro atoms. The Bertz CT molecular complexity index is 1230. The number of aromatic nitrogens is 2. The second-order valence-electron chi connectivity index (χ2n) is 6.97. The van der Waals surface area contributed by atoms with Crippen molar-refractivity contribution in [3.05, 3.63) is 83.8 Å². The Hall–Kier alpha value is -3.32. The molecule has 150 valence electrons. The first kappa shape index (κ1) is 18.7. The van der Waals surface area contributed by atoms with Crippen molar-refractivity contribution in [2.45, 2.75) is 11.5 Å². The van der Waals surface area contributed by atoms with Crippen LogP contribution in [0.2, 0.25) is 0 Å². The largest absolute Gasteiger partial charge is 0.483 e. The molecule has 0 saturated heterocycles. The number of carbonyl (C=O) groups is 1. The molecule has 1 amide bonds. The van der Waals surface area contributed by atoms with Crippen LogP contribution >= 0.6 is 11.8 Å². The minimum Gasteiger partial charge on any atom is -0.483 e. The number of fused-ring (bicyclic) bond motifs is 2. The predicted molar refractivity (Wildman–Crippen MR) is 117 cm³/mol. The summed E-state index contributed by atoms with van der Waals surface area (Å²) in [5.41, 5.74) is 2.64. The van der Waals surface area contributed by atoms with Gasteiger partial charge in [0.15, 0.2) is 6.61 Å². The van der Waals surface area contributed by atoms with E-state index in [2.05, 4.69) is 10.4 Å². The van der Waals surface area contributed by atoms with Gasteiger partial charge in [0.1, 0.15) is 17.4 Å². The number of thioether (sulfide) groups is 1. The van der Waals surface area contributed by atoms with Crippen LogP contribution in [0.25, 0.3) is 16.5 Å². The molecule has 3 aromatic carbocycles. The van der Waals surface area contributed by atoms with Gasteiger partial charge in [0, 0.05) is 22.5 Å². The van der Waals surface area contributed by atoms with Gasteiger partial charge in [-0.2, -0.15) is 16.9 Å². The summed E-state index contributed by atoms with van der Waals surface area (Å²) in [4.78, 5) is 12.7. The number of hydrogen-bond donors (Lipinski definition) is 1. The number of rotatable bonds is 5. The number of halogens is 1. The topological polar surface area (TPSA) is 56.1 Å². The second kappa shape index (κ2) is 7.84. The van der Waals surface area contributed by atoms with Gasteiger partial charge in [-0.05, 0) is 35.7 Å². The minimum atomic E-state index is -0.317. The van der Waals surface area contributed by atoms with Gasteiger partial charge in [-0.25, -0.2) is 9.07 Å². The molecule has 7 heteroatoms. The second-order valence-corrected chi connectivity index (χ2v) is 7.95. The van der Waals surface area contributed by atoms with Crippen LogP contribution in [-0.2, 0) is 16.3 Å². The molecule has 1 aromatic heterocycles. The van der Waals surface area contributed by atoms with E-state index in [1.807, 2.05) is 42.5 Å². The lowest BCUT2D eigenvalue weighted by molar-refractivity contribution is -0.118. The zero-order valence-electron chi connectivity index (χ0n) is 16.0. The van der Waals surface area contributed by atoms with Crippen molar-refractivity contribution in [3.63, 3.8) is 0 Å². The van der Waals surface area contributed by atoms with Crippen molar-refractivity contribution in [2.24, 2.45) is 0 Å². The summed E-state index contributed by atoms with van der Waals surface area (Å²) in [7, 11) is 0. The minimum absolute atomic E-state index is 0.121. The summed E-state index contributed by atoms with van der Waals surface area (Å²) >= 11 is 1.75. The van der Waals surface area contributed by atoms with Gasteiger partial charge in [-0.15, -0.1) is 0 Å². The quantitative estimate of drug-likeness (QED) is 0.498. The van der Waals surface area contributed by atoms with Gasteiger partial charge in [0.05, 0.1) is 11.4 Å². The van der Waals surface area contributed by atoms with E-state index in [4.69, 9.17) is 4.74 Å². The first-order valence-corrected chi connectivity index (χ1v) is 10.7. The van der Waals surface area contributed by atoms with E-state index in [0.717, 1.165) is 33.5 Å². The number of hydrogen-bond acceptors (Lipinski definition) is 4. The zero-order valence-corrected chi connectivity index (χ0v) is 16.8. The summed E-state index contributed by atoms with van der Waals surface area (Å²) in [5, 5.41) is 9.59. The van der Waals surface area contributed by atoms with Gasteiger partial charge >= 0.3 is 0 Å². The van der Waals surface area contributed by atoms with E-state index in [9.17, 15) is 9.18 Å². The fraction of sp³-hybridized carbons (Fsp3) is 0.130. The highest BCUT2D eigenvalue weighted by Gasteiger charge is 2.25. The first-order valence-electron chi connectivity index (χ1n) is 9.54. The molecule has 0 atom stereocenters. The van der Waals surface area contributed by atoms with Crippen molar-refractivity contribution in [1.82, 2.24) is 9.78 Å². The monoisotopic (exact) mass is 419 g/mol. The molecule has 5 rings (SSSR count). The predicted octanol–water partition coefficient (Wildman–Crippen LogP) is 4.93. The van der Waals surface area contributed by atoms with E-state index >= 15 is 0 Å². The highest BCUT2D eigenvalue weighted by Crippen LogP contribution is 2.36. The highest BCUT2D eigenvalue weighted by atomic mass is 32.2. The van der Waals surface area contributed by atoms with Crippen LogP contribution in [0.5, 0.6) is 5.75 Å². The lowest BCUT2D eigenvalue weighted by atomic mass is 10.1. The molecular formula is C23H18FN3O2S. The maximum Gasteiger partial charge on any atom is 0.263 e. The molecule has 0 fully saturated rings. The fourth-order valence-corrected chi connectivity index (χ4v) is 4.58. The van der Waals surface area contributed by atoms with E-state index in [0.29, 0.717) is 17.3 Å². The van der Waals surface area contributed by atoms with Crippen molar-refractivity contribution in [2.75, 3.05) is 11.9 Å². The summed E-state index contributed by atoms with van der Waals surface area (Å²) in [6.07, 6.45) is 0. The van der Waals surface area contributed by atoms with Crippen LogP contribution < -0.4 is 10.1 Å². The highest BCUT2D eigenvalue weighted by molar-refractivity contribution is 7.98. The summed E-state index contributed by atoms with van der Waals surface area (Å²) in [6, 6.07) is 19.7.